The number of benzene rings is 3. The number of ether oxygens (including phenoxy) is 1. The Morgan fingerprint density at radius 3 is 2.10 bits per heavy atom. The summed E-state index contributed by atoms with van der Waals surface area (Å²) in [7, 11) is 0. The maximum atomic E-state index is 13.0. The third-order valence-corrected chi connectivity index (χ3v) is 6.47. The zero-order chi connectivity index (χ0) is 27.7. The molecule has 8 nitrogen and oxygen atoms in total. The smallest absolute Gasteiger partial charge is 0.324 e. The molecule has 198 valence electrons. The maximum absolute atomic E-state index is 13.0. The molecule has 3 aromatic heterocycles. The van der Waals surface area contributed by atoms with Crippen LogP contribution in [0.25, 0.3) is 27.5 Å². The number of hydrogen-bond acceptors (Lipinski definition) is 5. The summed E-state index contributed by atoms with van der Waals surface area (Å²) in [4.78, 5) is 21.8. The lowest BCUT2D eigenvalue weighted by molar-refractivity contribution is 0.262. The van der Waals surface area contributed by atoms with Gasteiger partial charge in [0.15, 0.2) is 0 Å². The van der Waals surface area contributed by atoms with Gasteiger partial charge >= 0.3 is 6.03 Å². The Labute approximate surface area is 231 Å². The highest BCUT2D eigenvalue weighted by Gasteiger charge is 2.22. The summed E-state index contributed by atoms with van der Waals surface area (Å²) in [5.41, 5.74) is 3.93. The van der Waals surface area contributed by atoms with Crippen LogP contribution >= 0.6 is 0 Å². The van der Waals surface area contributed by atoms with Gasteiger partial charge in [-0.05, 0) is 72.8 Å². The van der Waals surface area contributed by atoms with Gasteiger partial charge in [-0.2, -0.15) is 5.10 Å². The number of carbonyl (C=O) groups is 1. The molecule has 0 aliphatic rings. The van der Waals surface area contributed by atoms with Crippen LogP contribution in [0, 0.1) is 0 Å². The number of amides is 2. The second kappa shape index (κ2) is 10.1. The Bertz CT molecular complexity index is 1840. The van der Waals surface area contributed by atoms with Crippen LogP contribution in [0.1, 0.15) is 26.5 Å². The summed E-state index contributed by atoms with van der Waals surface area (Å²) in [6.07, 6.45) is 3.54. The number of urea groups is 1. The molecule has 0 radical (unpaired) electrons. The van der Waals surface area contributed by atoms with Gasteiger partial charge < -0.3 is 10.1 Å². The quantitative estimate of drug-likeness (QED) is 0.239. The van der Waals surface area contributed by atoms with Crippen LogP contribution < -0.4 is 15.4 Å². The first-order chi connectivity index (χ1) is 19.3. The van der Waals surface area contributed by atoms with E-state index in [9.17, 15) is 4.79 Å². The van der Waals surface area contributed by atoms with Crippen molar-refractivity contribution in [1.82, 2.24) is 19.7 Å². The van der Waals surface area contributed by atoms with Gasteiger partial charge in [-0.1, -0.05) is 32.9 Å². The molecule has 40 heavy (non-hydrogen) atoms. The molecule has 0 fully saturated rings. The maximum Gasteiger partial charge on any atom is 0.324 e. The normalized spacial score (nSPS) is 11.5. The van der Waals surface area contributed by atoms with Gasteiger partial charge in [0.05, 0.1) is 22.4 Å². The third kappa shape index (κ3) is 5.33. The minimum atomic E-state index is -0.375. The second-order valence-electron chi connectivity index (χ2n) is 10.5. The van der Waals surface area contributed by atoms with Crippen molar-refractivity contribution in [3.8, 4) is 17.2 Å². The van der Waals surface area contributed by atoms with Crippen molar-refractivity contribution in [3.05, 3.63) is 109 Å². The van der Waals surface area contributed by atoms with E-state index in [1.54, 1.807) is 29.2 Å². The van der Waals surface area contributed by atoms with Crippen LogP contribution in [0.2, 0.25) is 0 Å². The number of fused-ring (bicyclic) bond motifs is 2. The average molecular weight is 529 g/mol. The molecule has 0 saturated carbocycles. The van der Waals surface area contributed by atoms with E-state index >= 15 is 0 Å². The van der Waals surface area contributed by atoms with Gasteiger partial charge in [-0.25, -0.2) is 9.48 Å². The minimum absolute atomic E-state index is 0.200. The predicted molar refractivity (Wildman–Crippen MR) is 158 cm³/mol. The summed E-state index contributed by atoms with van der Waals surface area (Å²) in [6.45, 7) is 6.27. The SMILES string of the molecule is CC(C)(C)c1cc(NC(=O)Nc2ccc(Oc3ccc4ncccc4c3)cc2)n(-c2ccc3ncccc3c2)n1. The van der Waals surface area contributed by atoms with Crippen molar-refractivity contribution in [2.24, 2.45) is 0 Å². The summed E-state index contributed by atoms with van der Waals surface area (Å²) < 4.78 is 7.75. The van der Waals surface area contributed by atoms with Gasteiger partial charge in [0.25, 0.3) is 0 Å². The first-order valence-electron chi connectivity index (χ1n) is 13.0. The average Bonchev–Trinajstić information content (AvgIpc) is 3.38. The lowest BCUT2D eigenvalue weighted by Gasteiger charge is -2.14. The van der Waals surface area contributed by atoms with E-state index in [2.05, 4.69) is 41.4 Å². The number of carbonyl (C=O) groups excluding carboxylic acids is 1. The summed E-state index contributed by atoms with van der Waals surface area (Å²) in [6, 6.07) is 28.2. The molecule has 2 N–H and O–H groups in total. The van der Waals surface area contributed by atoms with Crippen molar-refractivity contribution in [3.63, 3.8) is 0 Å². The predicted octanol–water partition coefficient (Wildman–Crippen LogP) is 7.70. The molecule has 6 aromatic rings. The van der Waals surface area contributed by atoms with E-state index in [0.717, 1.165) is 33.2 Å². The molecule has 0 bridgehead atoms. The third-order valence-electron chi connectivity index (χ3n) is 6.47. The Kier molecular flexibility index (Phi) is 6.36. The molecule has 0 aliphatic heterocycles. The van der Waals surface area contributed by atoms with Gasteiger partial charge in [0, 0.05) is 40.3 Å². The number of nitrogens with one attached hydrogen (secondary N) is 2. The van der Waals surface area contributed by atoms with Crippen LogP contribution in [-0.4, -0.2) is 25.8 Å². The molecular weight excluding hydrogens is 500 g/mol. The van der Waals surface area contributed by atoms with Crippen molar-refractivity contribution < 1.29 is 9.53 Å². The Hall–Kier alpha value is -5.24. The fourth-order valence-electron chi connectivity index (χ4n) is 4.37. The Morgan fingerprint density at radius 1 is 0.750 bits per heavy atom. The number of anilines is 2. The fourth-order valence-corrected chi connectivity index (χ4v) is 4.37. The first kappa shape index (κ1) is 25.1. The van der Waals surface area contributed by atoms with E-state index < -0.39 is 0 Å². The fraction of sp³-hybridized carbons (Fsp3) is 0.125. The highest BCUT2D eigenvalue weighted by Crippen LogP contribution is 2.29. The topological polar surface area (TPSA) is 94.0 Å². The molecule has 0 unspecified atom stereocenters. The Balaban J connectivity index is 1.18. The summed E-state index contributed by atoms with van der Waals surface area (Å²) >= 11 is 0. The van der Waals surface area contributed by atoms with Crippen molar-refractivity contribution in [2.45, 2.75) is 26.2 Å². The van der Waals surface area contributed by atoms with E-state index in [1.165, 1.54) is 0 Å². The largest absolute Gasteiger partial charge is 0.457 e. The lowest BCUT2D eigenvalue weighted by atomic mass is 9.92. The number of rotatable bonds is 5. The van der Waals surface area contributed by atoms with Crippen LogP contribution in [0.4, 0.5) is 16.3 Å². The van der Waals surface area contributed by atoms with Gasteiger partial charge in [0.1, 0.15) is 17.3 Å². The monoisotopic (exact) mass is 528 g/mol. The van der Waals surface area contributed by atoms with Crippen LogP contribution in [0.3, 0.4) is 0 Å². The van der Waals surface area contributed by atoms with E-state index in [4.69, 9.17) is 9.84 Å². The standard InChI is InChI=1S/C32H28N6O2/c1-32(2,3)29-20-30(38(37-29)24-10-14-27-21(18-24)6-4-16-33-27)36-31(39)35-23-8-11-25(12-9-23)40-26-13-15-28-22(19-26)7-5-17-34-28/h4-20H,1-3H3,(H2,35,36,39). The van der Waals surface area contributed by atoms with E-state index in [1.807, 2.05) is 78.9 Å². The molecule has 2 amide bonds. The summed E-state index contributed by atoms with van der Waals surface area (Å²) in [5.74, 6) is 1.94. The van der Waals surface area contributed by atoms with Crippen LogP contribution in [-0.2, 0) is 5.41 Å². The highest BCUT2D eigenvalue weighted by atomic mass is 16.5. The number of aromatic nitrogens is 4. The Morgan fingerprint density at radius 2 is 1.40 bits per heavy atom. The number of hydrogen-bond donors (Lipinski definition) is 2. The lowest BCUT2D eigenvalue weighted by Crippen LogP contribution is -2.21. The molecule has 0 aliphatic carbocycles. The molecule has 0 saturated heterocycles. The zero-order valence-corrected chi connectivity index (χ0v) is 22.4. The minimum Gasteiger partial charge on any atom is -0.457 e. The van der Waals surface area contributed by atoms with Gasteiger partial charge in [-0.3, -0.25) is 15.3 Å². The van der Waals surface area contributed by atoms with Crippen molar-refractivity contribution in [1.29, 1.82) is 0 Å². The highest BCUT2D eigenvalue weighted by molar-refractivity contribution is 5.99. The van der Waals surface area contributed by atoms with Crippen molar-refractivity contribution in [2.75, 3.05) is 10.6 Å². The van der Waals surface area contributed by atoms with Crippen LogP contribution in [0.15, 0.2) is 103 Å². The molecule has 0 spiro atoms. The second-order valence-corrected chi connectivity index (χ2v) is 10.5. The molecule has 6 rings (SSSR count). The number of nitrogens with zero attached hydrogens (tertiary/aromatic N) is 4. The number of pyridine rings is 2. The van der Waals surface area contributed by atoms with E-state index in [0.29, 0.717) is 23.0 Å². The molecular formula is C32H28N6O2. The van der Waals surface area contributed by atoms with Gasteiger partial charge in [-0.15, -0.1) is 0 Å². The molecule has 3 heterocycles. The van der Waals surface area contributed by atoms with Crippen LogP contribution in [0.5, 0.6) is 11.5 Å². The molecule has 8 heteroatoms. The zero-order valence-electron chi connectivity index (χ0n) is 22.4. The van der Waals surface area contributed by atoms with Crippen molar-refractivity contribution >= 4 is 39.3 Å². The molecule has 3 aromatic carbocycles. The molecule has 0 atom stereocenters. The van der Waals surface area contributed by atoms with E-state index in [-0.39, 0.29) is 11.4 Å². The summed E-state index contributed by atoms with van der Waals surface area (Å²) in [5, 5.41) is 12.7. The first-order valence-corrected chi connectivity index (χ1v) is 13.0. The van der Waals surface area contributed by atoms with Gasteiger partial charge in [0.2, 0.25) is 0 Å².